The molecule has 0 spiro atoms. The van der Waals surface area contributed by atoms with Crippen molar-refractivity contribution < 1.29 is 76.3 Å². The Labute approximate surface area is 649 Å². The number of fused-ring (bicyclic) bond motifs is 6. The van der Waals surface area contributed by atoms with Crippen molar-refractivity contribution in [2.24, 2.45) is 0 Å². The van der Waals surface area contributed by atoms with Gasteiger partial charge in [-0.3, -0.25) is 9.59 Å². The van der Waals surface area contributed by atoms with E-state index in [0.29, 0.717) is 58.1 Å². The summed E-state index contributed by atoms with van der Waals surface area (Å²) in [5.41, 5.74) is 15.5. The van der Waals surface area contributed by atoms with E-state index in [1.807, 2.05) is 201 Å². The van der Waals surface area contributed by atoms with Crippen LogP contribution in [-0.2, 0) is 107 Å². The maximum Gasteiger partial charge on any atom is 0.336 e. The zero-order chi connectivity index (χ0) is 81.4. The molecule has 0 saturated heterocycles. The summed E-state index contributed by atoms with van der Waals surface area (Å²) in [4.78, 5) is 97.4. The van der Waals surface area contributed by atoms with Crippen LogP contribution in [0.4, 0.5) is 0 Å². The van der Waals surface area contributed by atoms with Gasteiger partial charge in [0.1, 0.15) is 49.4 Å². The lowest BCUT2D eigenvalue weighted by atomic mass is 9.82. The van der Waals surface area contributed by atoms with E-state index in [0.717, 1.165) is 89.0 Å². The number of rotatable bonds is 26. The van der Waals surface area contributed by atoms with Gasteiger partial charge in [-0.15, -0.1) is 0 Å². The van der Waals surface area contributed by atoms with Crippen molar-refractivity contribution in [1.82, 2.24) is 0 Å². The lowest BCUT2D eigenvalue weighted by molar-refractivity contribution is -0.141. The number of carbonyl (C=O) groups is 8. The summed E-state index contributed by atoms with van der Waals surface area (Å²) in [7, 11) is 0. The Morgan fingerprint density at radius 3 is 0.764 bits per heavy atom. The third-order valence-electron chi connectivity index (χ3n) is 17.1. The van der Waals surface area contributed by atoms with Gasteiger partial charge in [-0.2, -0.15) is 0 Å². The van der Waals surface area contributed by atoms with Crippen LogP contribution < -0.4 is 18.9 Å². The molecule has 0 saturated carbocycles. The zero-order valence-corrected chi connectivity index (χ0v) is 66.5. The summed E-state index contributed by atoms with van der Waals surface area (Å²) in [6.45, 7) is 45.6. The van der Waals surface area contributed by atoms with Crippen LogP contribution in [0.3, 0.4) is 0 Å². The second kappa shape index (κ2) is 43.1. The van der Waals surface area contributed by atoms with Crippen LogP contribution in [0.15, 0.2) is 231 Å². The SMILES string of the molecule is C=C(C)C(=O)OCc1ccc(C=CC(=O)Oc2ccc3c(c2)C(C)(C)c2cc(OC(=O)C=Cc4ccc(COC(=O)C(=C)C)cc4)ccc2-3)cc1.C=C(C)C(=O)OCc1ccc(CCC(=O)Oc2ccc3c(c2)C(C)(C)c2cc(OC(=O)CCc4ccc(COC(=O)C(=C)C)cc4)ccc2-3)cc1.CC.CC.CC.CC. The molecule has 0 aromatic heterocycles. The molecule has 0 atom stereocenters. The number of ether oxygens (including phenoxy) is 8. The zero-order valence-electron chi connectivity index (χ0n) is 66.5. The van der Waals surface area contributed by atoms with Gasteiger partial charge in [0.2, 0.25) is 0 Å². The van der Waals surface area contributed by atoms with Crippen LogP contribution >= 0.6 is 0 Å². The van der Waals surface area contributed by atoms with E-state index in [-0.39, 0.29) is 51.2 Å². The molecule has 8 aromatic rings. The molecule has 8 aromatic carbocycles. The van der Waals surface area contributed by atoms with Gasteiger partial charge in [0, 0.05) is 58.1 Å². The third kappa shape index (κ3) is 25.6. The van der Waals surface area contributed by atoms with Gasteiger partial charge in [0.15, 0.2) is 0 Å². The van der Waals surface area contributed by atoms with Gasteiger partial charge in [-0.25, -0.2) is 28.8 Å². The van der Waals surface area contributed by atoms with Gasteiger partial charge in [0.25, 0.3) is 0 Å². The van der Waals surface area contributed by atoms with Crippen LogP contribution in [0.2, 0.25) is 0 Å². The fraction of sp³-hybridized carbons (Fsp3) is 0.277. The van der Waals surface area contributed by atoms with E-state index >= 15 is 0 Å². The van der Waals surface area contributed by atoms with E-state index in [1.54, 1.807) is 64.1 Å². The lowest BCUT2D eigenvalue weighted by Gasteiger charge is -2.22. The first-order chi connectivity index (χ1) is 52.6. The topological polar surface area (TPSA) is 210 Å². The lowest BCUT2D eigenvalue weighted by Crippen LogP contribution is -2.16. The molecule has 110 heavy (non-hydrogen) atoms. The molecule has 2 aliphatic rings. The van der Waals surface area contributed by atoms with Crippen molar-refractivity contribution in [3.8, 4) is 45.3 Å². The fourth-order valence-electron chi connectivity index (χ4n) is 11.3. The Balaban J connectivity index is 0.000000361. The summed E-state index contributed by atoms with van der Waals surface area (Å²) in [5.74, 6) is -1.69. The largest absolute Gasteiger partial charge is 0.457 e. The summed E-state index contributed by atoms with van der Waals surface area (Å²) in [5, 5.41) is 0. The number of benzene rings is 8. The normalized spacial score (nSPS) is 11.7. The second-order valence-electron chi connectivity index (χ2n) is 26.1. The van der Waals surface area contributed by atoms with Gasteiger partial charge >= 0.3 is 47.8 Å². The average Bonchev–Trinajstić information content (AvgIpc) is 1.59. The molecule has 0 unspecified atom stereocenters. The Morgan fingerprint density at radius 2 is 0.527 bits per heavy atom. The molecule has 10 rings (SSSR count). The fourth-order valence-corrected chi connectivity index (χ4v) is 11.3. The number of esters is 8. The van der Waals surface area contributed by atoms with E-state index in [9.17, 15) is 38.4 Å². The van der Waals surface area contributed by atoms with Crippen LogP contribution in [0.25, 0.3) is 34.4 Å². The molecule has 0 radical (unpaired) electrons. The van der Waals surface area contributed by atoms with Crippen molar-refractivity contribution >= 4 is 59.9 Å². The van der Waals surface area contributed by atoms with Gasteiger partial charge < -0.3 is 37.9 Å². The van der Waals surface area contributed by atoms with Crippen molar-refractivity contribution in [3.63, 3.8) is 0 Å². The van der Waals surface area contributed by atoms with Crippen LogP contribution in [0.1, 0.15) is 190 Å². The first-order valence-electron chi connectivity index (χ1n) is 37.0. The van der Waals surface area contributed by atoms with Crippen molar-refractivity contribution in [2.75, 3.05) is 0 Å². The van der Waals surface area contributed by atoms with Crippen molar-refractivity contribution in [1.29, 1.82) is 0 Å². The number of hydrogen-bond donors (Lipinski definition) is 0. The molecule has 0 amide bonds. The summed E-state index contributed by atoms with van der Waals surface area (Å²) in [6.07, 6.45) is 7.45. The molecule has 2 aliphatic carbocycles. The Kier molecular flexibility index (Phi) is 34.7. The highest BCUT2D eigenvalue weighted by atomic mass is 16.6. The maximum absolute atomic E-state index is 12.8. The minimum atomic E-state index is -0.523. The minimum Gasteiger partial charge on any atom is -0.457 e. The first-order valence-corrected chi connectivity index (χ1v) is 37.0. The Bertz CT molecular complexity index is 4360. The molecule has 0 bridgehead atoms. The molecule has 16 heteroatoms. The van der Waals surface area contributed by atoms with E-state index in [2.05, 4.69) is 54.0 Å². The highest BCUT2D eigenvalue weighted by Crippen LogP contribution is 2.52. The predicted octanol–water partition coefficient (Wildman–Crippen LogP) is 20.9. The number of carbonyl (C=O) groups excluding carboxylic acids is 8. The van der Waals surface area contributed by atoms with Crippen molar-refractivity contribution in [2.45, 2.75) is 174 Å². The smallest absolute Gasteiger partial charge is 0.336 e. The summed E-state index contributed by atoms with van der Waals surface area (Å²) in [6, 6.07) is 52.1. The highest BCUT2D eigenvalue weighted by molar-refractivity contribution is 5.92. The second-order valence-corrected chi connectivity index (χ2v) is 26.1. The molecule has 0 fully saturated rings. The molecule has 576 valence electrons. The standard InChI is InChI=1S/C43H42O8.C43H38O8.4C2H6/c2*1-27(2)41(46)48-25-31-11-7-29(8-12-31)15-21-39(44)50-33-17-19-35-36-20-18-34(24-38(36)43(5,6)37(35)23-33)51-40(45)22-16-30-9-13-32(14-10-30)26-49-42(47)28(3)4;4*1-2/h7-14,17-20,23-24H,1,3,15-16,21-22,25-26H2,2,4-6H3;7-24H,1,3,25-26H2,2,4-6H3;4*1-2H3. The molecular weight excluding hydrogens is 1390 g/mol. The number of aryl methyl sites for hydroxylation is 2. The predicted molar refractivity (Wildman–Crippen MR) is 435 cm³/mol. The van der Waals surface area contributed by atoms with Gasteiger partial charge in [-0.1, -0.05) is 231 Å². The van der Waals surface area contributed by atoms with Gasteiger partial charge in [0.05, 0.1) is 0 Å². The number of hydrogen-bond acceptors (Lipinski definition) is 16. The van der Waals surface area contributed by atoms with E-state index in [4.69, 9.17) is 37.9 Å². The quantitative estimate of drug-likeness (QED) is 0.0213. The van der Waals surface area contributed by atoms with E-state index in [1.165, 1.54) is 12.2 Å². The molecule has 0 aliphatic heterocycles. The average molecular weight is 1490 g/mol. The van der Waals surface area contributed by atoms with Crippen LogP contribution in [0.5, 0.6) is 23.0 Å². The third-order valence-corrected chi connectivity index (χ3v) is 17.1. The van der Waals surface area contributed by atoms with Gasteiger partial charge in [-0.05, 0) is 190 Å². The molecule has 16 nitrogen and oxygen atoms in total. The molecular formula is C94H104O16. The Hall–Kier alpha value is -12.0. The van der Waals surface area contributed by atoms with Crippen LogP contribution in [0, 0.1) is 0 Å². The van der Waals surface area contributed by atoms with Crippen LogP contribution in [-0.4, -0.2) is 47.8 Å². The van der Waals surface area contributed by atoms with E-state index < -0.39 is 46.6 Å². The maximum atomic E-state index is 12.8. The first kappa shape index (κ1) is 88.6. The summed E-state index contributed by atoms with van der Waals surface area (Å²) < 4.78 is 43.5. The highest BCUT2D eigenvalue weighted by Gasteiger charge is 2.38. The molecule has 0 heterocycles. The van der Waals surface area contributed by atoms with Crippen molar-refractivity contribution in [3.05, 3.63) is 297 Å². The molecule has 0 N–H and O–H groups in total. The monoisotopic (exact) mass is 1490 g/mol. The minimum absolute atomic E-state index is 0.135. The summed E-state index contributed by atoms with van der Waals surface area (Å²) >= 11 is 0. The Morgan fingerprint density at radius 1 is 0.309 bits per heavy atom.